The molecular formula is C31H39N9O2. The van der Waals surface area contributed by atoms with Crippen molar-refractivity contribution >= 4 is 16.7 Å². The van der Waals surface area contributed by atoms with Crippen molar-refractivity contribution in [2.45, 2.75) is 70.2 Å². The van der Waals surface area contributed by atoms with Crippen LogP contribution >= 0.6 is 0 Å². The standard InChI is InChI=1S/C31H39N9O2/c1-41-24-14-25(26-16-32-40(28(26)15-24)30-7-2-3-13-42-30)27-19-39(36-34-27)17-22-8-9-29(35-33-22)37-12-4-6-23(18-37)38-20-31(21-38)10-5-11-31/h8-9,14-16,19,23,30H,2-7,10-13,17-18,20-21H2,1H3. The molecular weight excluding hydrogens is 530 g/mol. The fraction of sp³-hybridized carbons (Fsp3) is 0.581. The van der Waals surface area contributed by atoms with Crippen LogP contribution in [0.4, 0.5) is 5.82 Å². The molecule has 220 valence electrons. The number of ether oxygens (including phenoxy) is 2. The number of anilines is 1. The first-order chi connectivity index (χ1) is 20.7. The fourth-order valence-electron chi connectivity index (χ4n) is 7.39. The Labute approximate surface area is 245 Å². The molecule has 1 aliphatic carbocycles. The number of benzene rings is 1. The number of hydrogen-bond acceptors (Lipinski definition) is 9. The molecule has 0 amide bonds. The van der Waals surface area contributed by atoms with Crippen LogP contribution in [-0.4, -0.2) is 85.8 Å². The molecule has 3 aliphatic heterocycles. The van der Waals surface area contributed by atoms with Crippen molar-refractivity contribution in [3.8, 4) is 17.0 Å². The molecule has 0 radical (unpaired) electrons. The van der Waals surface area contributed by atoms with Crippen molar-refractivity contribution < 1.29 is 9.47 Å². The predicted molar refractivity (Wildman–Crippen MR) is 158 cm³/mol. The second-order valence-electron chi connectivity index (χ2n) is 12.7. The van der Waals surface area contributed by atoms with Crippen LogP contribution in [0.25, 0.3) is 22.2 Å². The van der Waals surface area contributed by atoms with E-state index in [1.165, 1.54) is 45.2 Å². The van der Waals surface area contributed by atoms with E-state index in [0.29, 0.717) is 18.0 Å². The van der Waals surface area contributed by atoms with Gasteiger partial charge in [-0.15, -0.1) is 10.2 Å². The van der Waals surface area contributed by atoms with Crippen LogP contribution in [0.1, 0.15) is 63.3 Å². The van der Waals surface area contributed by atoms with Crippen molar-refractivity contribution in [1.82, 2.24) is 39.9 Å². The number of methoxy groups -OCH3 is 1. The summed E-state index contributed by atoms with van der Waals surface area (Å²) in [5.41, 5.74) is 4.21. The van der Waals surface area contributed by atoms with Crippen molar-refractivity contribution in [2.24, 2.45) is 5.41 Å². The molecule has 1 aromatic carbocycles. The van der Waals surface area contributed by atoms with Gasteiger partial charge in [-0.05, 0) is 68.6 Å². The SMILES string of the molecule is COc1cc(-c2cn(Cc3ccc(N4CCCC(N5CC6(CCC6)C5)C4)nn3)nn2)c2cnn(C3CCCCO3)c2c1. The third kappa shape index (κ3) is 4.72. The maximum absolute atomic E-state index is 6.01. The summed E-state index contributed by atoms with van der Waals surface area (Å²) in [5, 5.41) is 23.8. The third-order valence-corrected chi connectivity index (χ3v) is 9.93. The average molecular weight is 570 g/mol. The van der Waals surface area contributed by atoms with Crippen molar-refractivity contribution in [3.63, 3.8) is 0 Å². The second-order valence-corrected chi connectivity index (χ2v) is 12.7. The maximum Gasteiger partial charge on any atom is 0.151 e. The predicted octanol–water partition coefficient (Wildman–Crippen LogP) is 4.30. The smallest absolute Gasteiger partial charge is 0.151 e. The van der Waals surface area contributed by atoms with Crippen molar-refractivity contribution in [1.29, 1.82) is 0 Å². The van der Waals surface area contributed by atoms with E-state index in [4.69, 9.17) is 14.6 Å². The number of fused-ring (bicyclic) bond motifs is 1. The molecule has 1 saturated carbocycles. The minimum atomic E-state index is -0.0561. The van der Waals surface area contributed by atoms with E-state index in [2.05, 4.69) is 42.4 Å². The van der Waals surface area contributed by atoms with E-state index < -0.39 is 0 Å². The summed E-state index contributed by atoms with van der Waals surface area (Å²) in [5.74, 6) is 1.72. The van der Waals surface area contributed by atoms with E-state index in [-0.39, 0.29) is 6.23 Å². The second kappa shape index (κ2) is 10.6. The lowest BCUT2D eigenvalue weighted by Gasteiger charge is -2.59. The summed E-state index contributed by atoms with van der Waals surface area (Å²) < 4.78 is 15.4. The van der Waals surface area contributed by atoms with Crippen molar-refractivity contribution in [2.75, 3.05) is 44.8 Å². The fourth-order valence-corrected chi connectivity index (χ4v) is 7.39. The Hall–Kier alpha value is -3.57. The van der Waals surface area contributed by atoms with E-state index in [9.17, 15) is 0 Å². The molecule has 4 fully saturated rings. The van der Waals surface area contributed by atoms with E-state index in [1.54, 1.807) is 7.11 Å². The van der Waals surface area contributed by atoms with Gasteiger partial charge in [0.1, 0.15) is 11.4 Å². The maximum atomic E-state index is 6.01. The van der Waals surface area contributed by atoms with Crippen LogP contribution in [0.15, 0.2) is 36.7 Å². The molecule has 6 heterocycles. The van der Waals surface area contributed by atoms with Gasteiger partial charge in [0, 0.05) is 55.8 Å². The Morgan fingerprint density at radius 1 is 1.02 bits per heavy atom. The monoisotopic (exact) mass is 569 g/mol. The van der Waals surface area contributed by atoms with Gasteiger partial charge in [0.25, 0.3) is 0 Å². The highest BCUT2D eigenvalue weighted by Gasteiger charge is 2.49. The summed E-state index contributed by atoms with van der Waals surface area (Å²) in [7, 11) is 1.68. The summed E-state index contributed by atoms with van der Waals surface area (Å²) in [4.78, 5) is 5.12. The van der Waals surface area contributed by atoms with Gasteiger partial charge in [-0.25, -0.2) is 9.36 Å². The lowest BCUT2D eigenvalue weighted by atomic mass is 9.63. The molecule has 42 heavy (non-hydrogen) atoms. The van der Waals surface area contributed by atoms with E-state index in [1.807, 2.05) is 33.9 Å². The van der Waals surface area contributed by atoms with Crippen LogP contribution < -0.4 is 9.64 Å². The molecule has 8 rings (SSSR count). The van der Waals surface area contributed by atoms with Crippen LogP contribution in [0.5, 0.6) is 5.75 Å². The molecule has 3 saturated heterocycles. The summed E-state index contributed by atoms with van der Waals surface area (Å²) >= 11 is 0. The molecule has 1 spiro atoms. The molecule has 2 atom stereocenters. The molecule has 0 bridgehead atoms. The highest BCUT2D eigenvalue weighted by atomic mass is 16.5. The zero-order valence-electron chi connectivity index (χ0n) is 24.4. The molecule has 0 N–H and O–H groups in total. The van der Waals surface area contributed by atoms with E-state index >= 15 is 0 Å². The summed E-state index contributed by atoms with van der Waals surface area (Å²) in [6.45, 7) is 5.96. The van der Waals surface area contributed by atoms with Gasteiger partial charge in [-0.2, -0.15) is 10.2 Å². The lowest BCUT2D eigenvalue weighted by Crippen LogP contribution is -2.65. The molecule has 4 aliphatic rings. The number of rotatable bonds is 7. The Morgan fingerprint density at radius 2 is 1.95 bits per heavy atom. The Bertz CT molecular complexity index is 1550. The van der Waals surface area contributed by atoms with Gasteiger partial charge in [0.15, 0.2) is 12.0 Å². The number of aromatic nitrogens is 7. The third-order valence-electron chi connectivity index (χ3n) is 9.93. The highest BCUT2D eigenvalue weighted by Crippen LogP contribution is 2.49. The van der Waals surface area contributed by atoms with Crippen LogP contribution in [0.2, 0.25) is 0 Å². The zero-order chi connectivity index (χ0) is 28.1. The topological polar surface area (TPSA) is 99.3 Å². The average Bonchev–Trinajstić information content (AvgIpc) is 3.64. The largest absolute Gasteiger partial charge is 0.497 e. The number of nitrogens with zero attached hydrogens (tertiary/aromatic N) is 9. The van der Waals surface area contributed by atoms with E-state index in [0.717, 1.165) is 78.4 Å². The minimum absolute atomic E-state index is 0.0561. The summed E-state index contributed by atoms with van der Waals surface area (Å²) in [6, 6.07) is 8.84. The number of likely N-dealkylation sites (tertiary alicyclic amines) is 1. The van der Waals surface area contributed by atoms with Gasteiger partial charge in [0.05, 0.1) is 37.3 Å². The van der Waals surface area contributed by atoms with Crippen LogP contribution in [-0.2, 0) is 11.3 Å². The molecule has 11 heteroatoms. The first-order valence-electron chi connectivity index (χ1n) is 15.6. The van der Waals surface area contributed by atoms with Gasteiger partial charge in [-0.1, -0.05) is 11.6 Å². The lowest BCUT2D eigenvalue weighted by molar-refractivity contribution is -0.0848. The van der Waals surface area contributed by atoms with Gasteiger partial charge in [0.2, 0.25) is 0 Å². The van der Waals surface area contributed by atoms with Crippen molar-refractivity contribution in [3.05, 3.63) is 42.4 Å². The van der Waals surface area contributed by atoms with Crippen LogP contribution in [0, 0.1) is 5.41 Å². The zero-order valence-corrected chi connectivity index (χ0v) is 24.4. The highest BCUT2D eigenvalue weighted by molar-refractivity contribution is 5.95. The first-order valence-corrected chi connectivity index (χ1v) is 15.6. The molecule has 11 nitrogen and oxygen atoms in total. The molecule has 2 unspecified atom stereocenters. The first kappa shape index (κ1) is 26.1. The van der Waals surface area contributed by atoms with Gasteiger partial charge in [-0.3, -0.25) is 4.90 Å². The Kier molecular flexibility index (Phi) is 6.59. The van der Waals surface area contributed by atoms with Crippen LogP contribution in [0.3, 0.4) is 0 Å². The van der Waals surface area contributed by atoms with Gasteiger partial charge < -0.3 is 14.4 Å². The molecule has 3 aromatic heterocycles. The van der Waals surface area contributed by atoms with Gasteiger partial charge >= 0.3 is 0 Å². The minimum Gasteiger partial charge on any atom is -0.497 e. The Balaban J connectivity index is 0.962. The molecule has 4 aromatic rings. The summed E-state index contributed by atoms with van der Waals surface area (Å²) in [6.07, 6.45) is 13.8. The Morgan fingerprint density at radius 3 is 2.71 bits per heavy atom. The number of hydrogen-bond donors (Lipinski definition) is 0. The number of piperidine rings is 1. The normalized spacial score (nSPS) is 24.1. The quantitative estimate of drug-likeness (QED) is 0.323.